The van der Waals surface area contributed by atoms with Crippen molar-refractivity contribution in [1.29, 1.82) is 0 Å². The smallest absolute Gasteiger partial charge is 0.152 e. The van der Waals surface area contributed by atoms with Crippen LogP contribution in [0, 0.1) is 11.8 Å². The lowest BCUT2D eigenvalue weighted by Gasteiger charge is -2.26. The van der Waals surface area contributed by atoms with Crippen LogP contribution in [0.5, 0.6) is 0 Å². The molecule has 2 unspecified atom stereocenters. The fourth-order valence-electron chi connectivity index (χ4n) is 1.39. The minimum Gasteiger partial charge on any atom is -0.305 e. The van der Waals surface area contributed by atoms with E-state index in [1.54, 1.807) is 0 Å². The Morgan fingerprint density at radius 1 is 1.14 bits per heavy atom. The molecule has 0 aliphatic heterocycles. The molecule has 0 aliphatic carbocycles. The van der Waals surface area contributed by atoms with E-state index in [4.69, 9.17) is 0 Å². The molecule has 0 saturated heterocycles. The maximum absolute atomic E-state index is 11.9. The Bertz CT molecular complexity index is 175. The fourth-order valence-corrected chi connectivity index (χ4v) is 1.39. The van der Waals surface area contributed by atoms with Crippen molar-refractivity contribution in [2.24, 2.45) is 11.8 Å². The molecule has 84 valence electrons. The third-order valence-electron chi connectivity index (χ3n) is 2.62. The van der Waals surface area contributed by atoms with Crippen LogP contribution in [-0.2, 0) is 4.79 Å². The Morgan fingerprint density at radius 2 is 1.64 bits per heavy atom. The topological polar surface area (TPSA) is 29.1 Å². The van der Waals surface area contributed by atoms with Crippen LogP contribution in [-0.4, -0.2) is 17.9 Å². The van der Waals surface area contributed by atoms with Crippen molar-refractivity contribution in [3.05, 3.63) is 0 Å². The number of rotatable bonds is 6. The molecule has 0 radical (unpaired) electrons. The van der Waals surface area contributed by atoms with Gasteiger partial charge in [0, 0.05) is 12.0 Å². The van der Waals surface area contributed by atoms with E-state index < -0.39 is 0 Å². The van der Waals surface area contributed by atoms with Gasteiger partial charge >= 0.3 is 0 Å². The molecule has 0 rings (SSSR count). The van der Waals surface area contributed by atoms with Gasteiger partial charge in [-0.05, 0) is 19.3 Å². The third kappa shape index (κ3) is 4.23. The molecule has 0 fully saturated rings. The van der Waals surface area contributed by atoms with Gasteiger partial charge in [0.2, 0.25) is 0 Å². The third-order valence-corrected chi connectivity index (χ3v) is 2.62. The normalized spacial score (nSPS) is 16.0. The predicted molar refractivity (Wildman–Crippen MR) is 61.4 cm³/mol. The standard InChI is InChI=1S/C12H25NO/c1-7-10(6)13-11(8(2)3)12(14)9(4)5/h8-11,13H,7H2,1-6H3. The predicted octanol–water partition coefficient (Wildman–Crippen LogP) is 2.62. The van der Waals surface area contributed by atoms with Crippen molar-refractivity contribution in [3.63, 3.8) is 0 Å². The van der Waals surface area contributed by atoms with Gasteiger partial charge in [-0.3, -0.25) is 4.79 Å². The van der Waals surface area contributed by atoms with E-state index in [2.05, 4.69) is 33.0 Å². The first kappa shape index (κ1) is 13.6. The molecule has 1 N–H and O–H groups in total. The summed E-state index contributed by atoms with van der Waals surface area (Å²) in [5, 5.41) is 3.40. The molecule has 14 heavy (non-hydrogen) atoms. The maximum atomic E-state index is 11.9. The molecule has 0 aromatic rings. The molecular formula is C12H25NO. The van der Waals surface area contributed by atoms with Crippen molar-refractivity contribution in [2.45, 2.75) is 60.0 Å². The minimum atomic E-state index is 0.0185. The van der Waals surface area contributed by atoms with Crippen molar-refractivity contribution < 1.29 is 4.79 Å². The van der Waals surface area contributed by atoms with Crippen LogP contribution < -0.4 is 5.32 Å². The van der Waals surface area contributed by atoms with Crippen LogP contribution in [0.1, 0.15) is 48.0 Å². The van der Waals surface area contributed by atoms with Crippen molar-refractivity contribution in [3.8, 4) is 0 Å². The van der Waals surface area contributed by atoms with E-state index in [1.807, 2.05) is 13.8 Å². The van der Waals surface area contributed by atoms with Gasteiger partial charge < -0.3 is 5.32 Å². The number of hydrogen-bond donors (Lipinski definition) is 1. The van der Waals surface area contributed by atoms with Crippen LogP contribution in [0.2, 0.25) is 0 Å². The first-order valence-corrected chi connectivity index (χ1v) is 5.69. The molecular weight excluding hydrogens is 174 g/mol. The molecule has 0 aromatic heterocycles. The Balaban J connectivity index is 4.37. The number of hydrogen-bond acceptors (Lipinski definition) is 2. The van der Waals surface area contributed by atoms with Crippen LogP contribution in [0.15, 0.2) is 0 Å². The first-order chi connectivity index (χ1) is 6.40. The zero-order chi connectivity index (χ0) is 11.3. The highest BCUT2D eigenvalue weighted by molar-refractivity contribution is 5.85. The lowest BCUT2D eigenvalue weighted by atomic mass is 9.92. The zero-order valence-electron chi connectivity index (χ0n) is 10.4. The Kier molecular flexibility index (Phi) is 6.01. The van der Waals surface area contributed by atoms with Gasteiger partial charge in [-0.25, -0.2) is 0 Å². The molecule has 2 heteroatoms. The van der Waals surface area contributed by atoms with Crippen LogP contribution >= 0.6 is 0 Å². The minimum absolute atomic E-state index is 0.0185. The lowest BCUT2D eigenvalue weighted by Crippen LogP contribution is -2.46. The lowest BCUT2D eigenvalue weighted by molar-refractivity contribution is -0.125. The second-order valence-corrected chi connectivity index (χ2v) is 4.75. The molecule has 0 bridgehead atoms. The van der Waals surface area contributed by atoms with Gasteiger partial charge in [0.05, 0.1) is 6.04 Å². The van der Waals surface area contributed by atoms with Gasteiger partial charge in [0.15, 0.2) is 5.78 Å². The zero-order valence-corrected chi connectivity index (χ0v) is 10.4. The second kappa shape index (κ2) is 6.18. The highest BCUT2D eigenvalue weighted by Crippen LogP contribution is 2.10. The summed E-state index contributed by atoms with van der Waals surface area (Å²) in [6, 6.07) is 0.440. The Hall–Kier alpha value is -0.370. The number of nitrogens with one attached hydrogen (secondary N) is 1. The van der Waals surface area contributed by atoms with Gasteiger partial charge in [0.1, 0.15) is 0 Å². The van der Waals surface area contributed by atoms with Crippen LogP contribution in [0.4, 0.5) is 0 Å². The molecule has 0 spiro atoms. The molecule has 2 nitrogen and oxygen atoms in total. The summed E-state index contributed by atoms with van der Waals surface area (Å²) in [6.07, 6.45) is 1.06. The number of carbonyl (C=O) groups is 1. The summed E-state index contributed by atoms with van der Waals surface area (Å²) >= 11 is 0. The van der Waals surface area contributed by atoms with Crippen molar-refractivity contribution >= 4 is 5.78 Å². The van der Waals surface area contributed by atoms with E-state index in [0.29, 0.717) is 17.7 Å². The number of carbonyl (C=O) groups excluding carboxylic acids is 1. The highest BCUT2D eigenvalue weighted by atomic mass is 16.1. The molecule has 0 saturated carbocycles. The average Bonchev–Trinajstić information content (AvgIpc) is 2.11. The SMILES string of the molecule is CCC(C)NC(C(=O)C(C)C)C(C)C. The summed E-state index contributed by atoms with van der Waals surface area (Å²) < 4.78 is 0. The van der Waals surface area contributed by atoms with Crippen molar-refractivity contribution in [1.82, 2.24) is 5.32 Å². The van der Waals surface area contributed by atoms with Gasteiger partial charge in [-0.1, -0.05) is 34.6 Å². The van der Waals surface area contributed by atoms with E-state index in [0.717, 1.165) is 6.42 Å². The number of Topliss-reactive ketones (excluding diaryl/α,β-unsaturated/α-hetero) is 1. The Morgan fingerprint density at radius 3 is 1.93 bits per heavy atom. The van der Waals surface area contributed by atoms with Gasteiger partial charge in [0.25, 0.3) is 0 Å². The van der Waals surface area contributed by atoms with Crippen LogP contribution in [0.3, 0.4) is 0 Å². The molecule has 0 amide bonds. The summed E-state index contributed by atoms with van der Waals surface area (Å²) in [5.41, 5.74) is 0. The van der Waals surface area contributed by atoms with Gasteiger partial charge in [-0.15, -0.1) is 0 Å². The average molecular weight is 199 g/mol. The van der Waals surface area contributed by atoms with Gasteiger partial charge in [-0.2, -0.15) is 0 Å². The maximum Gasteiger partial charge on any atom is 0.152 e. The van der Waals surface area contributed by atoms with E-state index in [-0.39, 0.29) is 12.0 Å². The largest absolute Gasteiger partial charge is 0.305 e. The fraction of sp³-hybridized carbons (Fsp3) is 0.917. The molecule has 0 aliphatic rings. The second-order valence-electron chi connectivity index (χ2n) is 4.75. The molecule has 2 atom stereocenters. The highest BCUT2D eigenvalue weighted by Gasteiger charge is 2.24. The quantitative estimate of drug-likeness (QED) is 0.712. The van der Waals surface area contributed by atoms with E-state index in [9.17, 15) is 4.79 Å². The van der Waals surface area contributed by atoms with Crippen molar-refractivity contribution in [2.75, 3.05) is 0 Å². The Labute approximate surface area is 88.5 Å². The van der Waals surface area contributed by atoms with E-state index >= 15 is 0 Å². The van der Waals surface area contributed by atoms with Crippen LogP contribution in [0.25, 0.3) is 0 Å². The molecule has 0 heterocycles. The molecule has 0 aromatic carbocycles. The summed E-state index contributed by atoms with van der Waals surface area (Å²) in [6.45, 7) is 12.4. The summed E-state index contributed by atoms with van der Waals surface area (Å²) in [7, 11) is 0. The number of ketones is 1. The summed E-state index contributed by atoms with van der Waals surface area (Å²) in [4.78, 5) is 11.9. The first-order valence-electron chi connectivity index (χ1n) is 5.69. The monoisotopic (exact) mass is 199 g/mol. The van der Waals surface area contributed by atoms with E-state index in [1.165, 1.54) is 0 Å². The summed E-state index contributed by atoms with van der Waals surface area (Å²) in [5.74, 6) is 0.832.